The van der Waals surface area contributed by atoms with Gasteiger partial charge in [-0.25, -0.2) is 0 Å². The second kappa shape index (κ2) is 5.71. The number of anilines is 1. The first-order valence-electron chi connectivity index (χ1n) is 6.23. The van der Waals surface area contributed by atoms with Crippen LogP contribution in [0, 0.1) is 0 Å². The van der Waals surface area contributed by atoms with E-state index in [1.807, 2.05) is 48.0 Å². The van der Waals surface area contributed by atoms with E-state index in [4.69, 9.17) is 0 Å². The van der Waals surface area contributed by atoms with Crippen molar-refractivity contribution in [1.29, 1.82) is 0 Å². The molecule has 1 amide bonds. The molecule has 0 atom stereocenters. The number of carbonyl (C=O) groups excluding carboxylic acids is 1. The van der Waals surface area contributed by atoms with Crippen molar-refractivity contribution in [2.75, 3.05) is 5.32 Å². The highest BCUT2D eigenvalue weighted by Crippen LogP contribution is 2.12. The summed E-state index contributed by atoms with van der Waals surface area (Å²) in [6, 6.07) is 15.5. The van der Waals surface area contributed by atoms with Crippen LogP contribution in [0.1, 0.15) is 15.2 Å². The first-order valence-corrected chi connectivity index (χ1v) is 7.11. The van der Waals surface area contributed by atoms with Crippen LogP contribution in [-0.2, 0) is 6.54 Å². The fraction of sp³-hybridized carbons (Fsp3) is 0.0667. The van der Waals surface area contributed by atoms with Crippen LogP contribution in [0.2, 0.25) is 0 Å². The fourth-order valence-electron chi connectivity index (χ4n) is 1.87. The Kier molecular flexibility index (Phi) is 3.60. The molecule has 0 unspecified atom stereocenters. The third-order valence-corrected chi connectivity index (χ3v) is 3.68. The highest BCUT2D eigenvalue weighted by Gasteiger charge is 2.08. The summed E-state index contributed by atoms with van der Waals surface area (Å²) in [6.45, 7) is 0.690. The summed E-state index contributed by atoms with van der Waals surface area (Å²) in [5.74, 6) is 0.448. The lowest BCUT2D eigenvalue weighted by Crippen LogP contribution is -2.11. The van der Waals surface area contributed by atoms with E-state index in [9.17, 15) is 4.79 Å². The molecule has 1 aromatic carbocycles. The normalized spacial score (nSPS) is 10.4. The monoisotopic (exact) mass is 283 g/mol. The zero-order chi connectivity index (χ0) is 13.8. The summed E-state index contributed by atoms with van der Waals surface area (Å²) in [5.41, 5.74) is 1.17. The number of thiophene rings is 1. The van der Waals surface area contributed by atoms with E-state index in [-0.39, 0.29) is 5.91 Å². The van der Waals surface area contributed by atoms with E-state index in [1.165, 1.54) is 16.9 Å². The Morgan fingerprint density at radius 1 is 1.15 bits per heavy atom. The Hall–Kier alpha value is -2.40. The molecule has 100 valence electrons. The molecule has 0 aliphatic rings. The van der Waals surface area contributed by atoms with Gasteiger partial charge in [0.1, 0.15) is 0 Å². The van der Waals surface area contributed by atoms with Gasteiger partial charge in [-0.15, -0.1) is 11.3 Å². The zero-order valence-corrected chi connectivity index (χ0v) is 11.5. The topological polar surface area (TPSA) is 46.9 Å². The largest absolute Gasteiger partial charge is 0.304 e. The van der Waals surface area contributed by atoms with Gasteiger partial charge in [-0.2, -0.15) is 5.10 Å². The minimum Gasteiger partial charge on any atom is -0.304 e. The summed E-state index contributed by atoms with van der Waals surface area (Å²) >= 11 is 1.41. The molecule has 3 rings (SSSR count). The van der Waals surface area contributed by atoms with Gasteiger partial charge in [0.05, 0.1) is 11.4 Å². The van der Waals surface area contributed by atoms with Gasteiger partial charge in [0, 0.05) is 12.3 Å². The molecular formula is C15H13N3OS. The molecule has 0 bridgehead atoms. The van der Waals surface area contributed by atoms with Crippen molar-refractivity contribution in [1.82, 2.24) is 9.78 Å². The number of hydrogen-bond donors (Lipinski definition) is 1. The maximum atomic E-state index is 11.9. The molecule has 0 saturated heterocycles. The molecule has 4 nitrogen and oxygen atoms in total. The molecule has 0 spiro atoms. The van der Waals surface area contributed by atoms with Crippen LogP contribution < -0.4 is 5.32 Å². The van der Waals surface area contributed by atoms with Gasteiger partial charge < -0.3 is 5.32 Å². The Morgan fingerprint density at radius 2 is 2.00 bits per heavy atom. The molecule has 0 radical (unpaired) electrons. The van der Waals surface area contributed by atoms with Crippen molar-refractivity contribution < 1.29 is 4.79 Å². The third kappa shape index (κ3) is 2.95. The average molecular weight is 283 g/mol. The summed E-state index contributed by atoms with van der Waals surface area (Å²) < 4.78 is 1.80. The lowest BCUT2D eigenvalue weighted by Gasteiger charge is -2.02. The third-order valence-electron chi connectivity index (χ3n) is 2.81. The predicted octanol–water partition coefficient (Wildman–Crippen LogP) is 3.25. The Bertz CT molecular complexity index is 689. The number of nitrogens with zero attached hydrogens (tertiary/aromatic N) is 2. The minimum absolute atomic E-state index is 0.120. The molecule has 0 saturated carbocycles. The molecule has 3 aromatic rings. The maximum absolute atomic E-state index is 11.9. The molecule has 0 fully saturated rings. The number of aromatic nitrogens is 2. The highest BCUT2D eigenvalue weighted by atomic mass is 32.1. The zero-order valence-electron chi connectivity index (χ0n) is 10.7. The van der Waals surface area contributed by atoms with E-state index in [1.54, 1.807) is 16.8 Å². The lowest BCUT2D eigenvalue weighted by atomic mass is 10.2. The Labute approximate surface area is 120 Å². The van der Waals surface area contributed by atoms with Gasteiger partial charge in [0.15, 0.2) is 5.82 Å². The molecule has 1 N–H and O–H groups in total. The number of nitrogens with one attached hydrogen (secondary N) is 1. The lowest BCUT2D eigenvalue weighted by molar-refractivity contribution is 0.103. The molecule has 0 aliphatic heterocycles. The van der Waals surface area contributed by atoms with Gasteiger partial charge >= 0.3 is 0 Å². The average Bonchev–Trinajstić information content (AvgIpc) is 3.11. The van der Waals surface area contributed by atoms with E-state index in [2.05, 4.69) is 10.4 Å². The van der Waals surface area contributed by atoms with Crippen LogP contribution in [0.5, 0.6) is 0 Å². The number of hydrogen-bond acceptors (Lipinski definition) is 3. The SMILES string of the molecule is O=C(Nc1ccn(Cc2ccccc2)n1)c1cccs1. The van der Waals surface area contributed by atoms with Gasteiger partial charge in [-0.1, -0.05) is 36.4 Å². The van der Waals surface area contributed by atoms with Crippen LogP contribution in [-0.4, -0.2) is 15.7 Å². The Morgan fingerprint density at radius 3 is 2.75 bits per heavy atom. The molecule has 0 aliphatic carbocycles. The number of benzene rings is 1. The van der Waals surface area contributed by atoms with Crippen molar-refractivity contribution >= 4 is 23.1 Å². The summed E-state index contributed by atoms with van der Waals surface area (Å²) in [6.07, 6.45) is 1.86. The molecule has 5 heteroatoms. The van der Waals surface area contributed by atoms with Crippen molar-refractivity contribution in [2.45, 2.75) is 6.54 Å². The van der Waals surface area contributed by atoms with Gasteiger partial charge in [-0.05, 0) is 17.0 Å². The second-order valence-corrected chi connectivity index (χ2v) is 5.26. The molecular weight excluding hydrogens is 270 g/mol. The second-order valence-electron chi connectivity index (χ2n) is 4.32. The van der Waals surface area contributed by atoms with Gasteiger partial charge in [-0.3, -0.25) is 9.48 Å². The van der Waals surface area contributed by atoms with E-state index in [0.717, 1.165) is 0 Å². The van der Waals surface area contributed by atoms with Gasteiger partial charge in [0.2, 0.25) is 0 Å². The minimum atomic E-state index is -0.120. The van der Waals surface area contributed by atoms with Crippen molar-refractivity contribution in [3.05, 3.63) is 70.5 Å². The fourth-order valence-corrected chi connectivity index (χ4v) is 2.49. The Balaban J connectivity index is 1.67. The van der Waals surface area contributed by atoms with Crippen molar-refractivity contribution in [3.8, 4) is 0 Å². The predicted molar refractivity (Wildman–Crippen MR) is 80.0 cm³/mol. The number of carbonyl (C=O) groups is 1. The number of amides is 1. The van der Waals surface area contributed by atoms with E-state index < -0.39 is 0 Å². The maximum Gasteiger partial charge on any atom is 0.266 e. The van der Waals surface area contributed by atoms with Crippen LogP contribution >= 0.6 is 11.3 Å². The molecule has 2 heterocycles. The molecule has 20 heavy (non-hydrogen) atoms. The summed E-state index contributed by atoms with van der Waals surface area (Å²) in [4.78, 5) is 12.6. The standard InChI is InChI=1S/C15H13N3OS/c19-15(13-7-4-10-20-13)16-14-8-9-18(17-14)11-12-5-2-1-3-6-12/h1-10H,11H2,(H,16,17,19). The van der Waals surface area contributed by atoms with Crippen LogP contribution in [0.4, 0.5) is 5.82 Å². The smallest absolute Gasteiger partial charge is 0.266 e. The number of rotatable bonds is 4. The van der Waals surface area contributed by atoms with Crippen LogP contribution in [0.3, 0.4) is 0 Å². The van der Waals surface area contributed by atoms with Crippen LogP contribution in [0.25, 0.3) is 0 Å². The van der Waals surface area contributed by atoms with E-state index in [0.29, 0.717) is 17.2 Å². The van der Waals surface area contributed by atoms with Gasteiger partial charge in [0.25, 0.3) is 5.91 Å². The summed E-state index contributed by atoms with van der Waals surface area (Å²) in [7, 11) is 0. The highest BCUT2D eigenvalue weighted by molar-refractivity contribution is 7.12. The van der Waals surface area contributed by atoms with Crippen LogP contribution in [0.15, 0.2) is 60.1 Å². The quantitative estimate of drug-likeness (QED) is 0.799. The first kappa shape index (κ1) is 12.6. The molecule has 2 aromatic heterocycles. The van der Waals surface area contributed by atoms with Crippen molar-refractivity contribution in [3.63, 3.8) is 0 Å². The first-order chi connectivity index (χ1) is 9.81. The summed E-state index contributed by atoms with van der Waals surface area (Å²) in [5, 5.41) is 9.01. The van der Waals surface area contributed by atoms with E-state index >= 15 is 0 Å². The van der Waals surface area contributed by atoms with Crippen molar-refractivity contribution in [2.24, 2.45) is 0 Å².